The second kappa shape index (κ2) is 5.90. The average Bonchev–Trinajstić information content (AvgIpc) is 2.47. The van der Waals surface area contributed by atoms with Crippen LogP contribution in [0.15, 0.2) is 36.5 Å². The second-order valence-electron chi connectivity index (χ2n) is 5.86. The van der Waals surface area contributed by atoms with Gasteiger partial charge in [-0.1, -0.05) is 30.7 Å². The molecule has 20 heavy (non-hydrogen) atoms. The third kappa shape index (κ3) is 2.69. The molecule has 1 aliphatic rings. The maximum Gasteiger partial charge on any atom is 0.0747 e. The molecule has 1 aromatic heterocycles. The zero-order valence-electron chi connectivity index (χ0n) is 12.3. The van der Waals surface area contributed by atoms with E-state index in [1.54, 1.807) is 0 Å². The number of piperidine rings is 1. The molecule has 1 aromatic carbocycles. The van der Waals surface area contributed by atoms with E-state index in [2.05, 4.69) is 53.5 Å². The van der Waals surface area contributed by atoms with Crippen molar-refractivity contribution in [3.63, 3.8) is 0 Å². The lowest BCUT2D eigenvalue weighted by Gasteiger charge is -2.39. The Morgan fingerprint density at radius 2 is 1.90 bits per heavy atom. The standard InChI is InChI=1S/C17H23N3/c1-13-6-3-7-14(2)20(13)19-12-16-9-4-8-15-10-5-11-18-17(15)16/h4-5,8-11,13-14,19H,3,6-7,12H2,1-2H3. The molecule has 0 aliphatic carbocycles. The van der Waals surface area contributed by atoms with E-state index in [1.807, 2.05) is 12.3 Å². The molecule has 3 heteroatoms. The molecule has 0 bridgehead atoms. The minimum Gasteiger partial charge on any atom is -0.256 e. The number of para-hydroxylation sites is 1. The lowest BCUT2D eigenvalue weighted by atomic mass is 10.00. The molecule has 3 nitrogen and oxygen atoms in total. The zero-order chi connectivity index (χ0) is 13.9. The molecule has 1 saturated heterocycles. The van der Waals surface area contributed by atoms with Crippen LogP contribution in [0, 0.1) is 0 Å². The lowest BCUT2D eigenvalue weighted by Crippen LogP contribution is -2.51. The molecule has 2 atom stereocenters. The number of hydrazine groups is 1. The summed E-state index contributed by atoms with van der Waals surface area (Å²) in [7, 11) is 0. The summed E-state index contributed by atoms with van der Waals surface area (Å²) in [6.07, 6.45) is 5.78. The van der Waals surface area contributed by atoms with Crippen LogP contribution >= 0.6 is 0 Å². The second-order valence-corrected chi connectivity index (χ2v) is 5.86. The Kier molecular flexibility index (Phi) is 3.99. The number of fused-ring (bicyclic) bond motifs is 1. The predicted octanol–water partition coefficient (Wildman–Crippen LogP) is 3.50. The smallest absolute Gasteiger partial charge is 0.0747 e. The number of hydrogen-bond acceptors (Lipinski definition) is 3. The van der Waals surface area contributed by atoms with Gasteiger partial charge in [-0.25, -0.2) is 5.01 Å². The van der Waals surface area contributed by atoms with Gasteiger partial charge in [0.05, 0.1) is 5.52 Å². The highest BCUT2D eigenvalue weighted by Gasteiger charge is 2.24. The summed E-state index contributed by atoms with van der Waals surface area (Å²) in [6, 6.07) is 11.7. The Hall–Kier alpha value is -1.45. The molecule has 2 unspecified atom stereocenters. The van der Waals surface area contributed by atoms with Crippen molar-refractivity contribution in [3.8, 4) is 0 Å². The molecule has 3 rings (SSSR count). The first-order valence-electron chi connectivity index (χ1n) is 7.60. The van der Waals surface area contributed by atoms with Crippen molar-refractivity contribution in [1.82, 2.24) is 15.4 Å². The third-order valence-electron chi connectivity index (χ3n) is 4.36. The molecule has 106 valence electrons. The lowest BCUT2D eigenvalue weighted by molar-refractivity contribution is 0.0437. The quantitative estimate of drug-likeness (QED) is 0.924. The van der Waals surface area contributed by atoms with Crippen LogP contribution in [0.25, 0.3) is 10.9 Å². The molecule has 2 aromatic rings. The minimum absolute atomic E-state index is 0.613. The van der Waals surface area contributed by atoms with E-state index in [-0.39, 0.29) is 0 Å². The third-order valence-corrected chi connectivity index (χ3v) is 4.36. The monoisotopic (exact) mass is 269 g/mol. The van der Waals surface area contributed by atoms with E-state index in [4.69, 9.17) is 0 Å². The van der Waals surface area contributed by atoms with Gasteiger partial charge in [0.25, 0.3) is 0 Å². The number of nitrogens with zero attached hydrogens (tertiary/aromatic N) is 2. The van der Waals surface area contributed by atoms with Crippen LogP contribution in [0.4, 0.5) is 0 Å². The summed E-state index contributed by atoms with van der Waals surface area (Å²) in [4.78, 5) is 4.52. The number of nitrogens with one attached hydrogen (secondary N) is 1. The van der Waals surface area contributed by atoms with Crippen molar-refractivity contribution in [1.29, 1.82) is 0 Å². The first kappa shape index (κ1) is 13.5. The molecular weight excluding hydrogens is 246 g/mol. The summed E-state index contributed by atoms with van der Waals surface area (Å²) in [5.41, 5.74) is 6.01. The van der Waals surface area contributed by atoms with Crippen molar-refractivity contribution in [2.75, 3.05) is 0 Å². The highest BCUT2D eigenvalue weighted by molar-refractivity contribution is 5.81. The van der Waals surface area contributed by atoms with E-state index in [0.717, 1.165) is 12.1 Å². The Morgan fingerprint density at radius 1 is 1.15 bits per heavy atom. The van der Waals surface area contributed by atoms with Gasteiger partial charge in [0.2, 0.25) is 0 Å². The highest BCUT2D eigenvalue weighted by atomic mass is 15.5. The Balaban J connectivity index is 1.76. The van der Waals surface area contributed by atoms with Crippen molar-refractivity contribution in [2.45, 2.75) is 51.7 Å². The molecule has 1 fully saturated rings. The topological polar surface area (TPSA) is 28.2 Å². The van der Waals surface area contributed by atoms with Crippen LogP contribution in [0.1, 0.15) is 38.7 Å². The van der Waals surface area contributed by atoms with Crippen LogP contribution in [-0.4, -0.2) is 22.1 Å². The first-order chi connectivity index (χ1) is 9.75. The molecule has 0 radical (unpaired) electrons. The van der Waals surface area contributed by atoms with Crippen molar-refractivity contribution < 1.29 is 0 Å². The van der Waals surface area contributed by atoms with Gasteiger partial charge in [0.15, 0.2) is 0 Å². The van der Waals surface area contributed by atoms with Crippen LogP contribution in [0.5, 0.6) is 0 Å². The van der Waals surface area contributed by atoms with Crippen molar-refractivity contribution in [2.24, 2.45) is 0 Å². The number of hydrogen-bond donors (Lipinski definition) is 1. The SMILES string of the molecule is CC1CCCC(C)N1NCc1cccc2cccnc12. The number of aromatic nitrogens is 1. The van der Waals surface area contributed by atoms with Crippen molar-refractivity contribution >= 4 is 10.9 Å². The molecule has 1 N–H and O–H groups in total. The number of rotatable bonds is 3. The highest BCUT2D eigenvalue weighted by Crippen LogP contribution is 2.21. The van der Waals surface area contributed by atoms with Gasteiger partial charge in [0, 0.05) is 30.2 Å². The average molecular weight is 269 g/mol. The van der Waals surface area contributed by atoms with Crippen LogP contribution < -0.4 is 5.43 Å². The Labute approximate surface area is 121 Å². The number of pyridine rings is 1. The fourth-order valence-electron chi connectivity index (χ4n) is 3.22. The van der Waals surface area contributed by atoms with Gasteiger partial charge in [0.1, 0.15) is 0 Å². The van der Waals surface area contributed by atoms with Gasteiger partial charge in [-0.3, -0.25) is 10.4 Å². The maximum atomic E-state index is 4.52. The zero-order valence-corrected chi connectivity index (χ0v) is 12.3. The maximum absolute atomic E-state index is 4.52. The summed E-state index contributed by atoms with van der Waals surface area (Å²) < 4.78 is 0. The van der Waals surface area contributed by atoms with Gasteiger partial charge >= 0.3 is 0 Å². The fourth-order valence-corrected chi connectivity index (χ4v) is 3.22. The summed E-state index contributed by atoms with van der Waals surface area (Å²) >= 11 is 0. The normalized spacial score (nSPS) is 24.1. The van der Waals surface area contributed by atoms with E-state index in [1.165, 1.54) is 30.2 Å². The minimum atomic E-state index is 0.613. The van der Waals surface area contributed by atoms with Crippen molar-refractivity contribution in [3.05, 3.63) is 42.1 Å². The first-order valence-corrected chi connectivity index (χ1v) is 7.60. The number of benzene rings is 1. The fraction of sp³-hybridized carbons (Fsp3) is 0.471. The summed E-state index contributed by atoms with van der Waals surface area (Å²) in [5, 5.41) is 3.64. The van der Waals surface area contributed by atoms with Gasteiger partial charge in [-0.05, 0) is 38.3 Å². The largest absolute Gasteiger partial charge is 0.256 e. The van der Waals surface area contributed by atoms with Gasteiger partial charge < -0.3 is 0 Å². The molecule has 0 saturated carbocycles. The van der Waals surface area contributed by atoms with E-state index >= 15 is 0 Å². The summed E-state index contributed by atoms with van der Waals surface area (Å²) in [5.74, 6) is 0. The molecule has 0 spiro atoms. The Bertz CT molecular complexity index is 566. The Morgan fingerprint density at radius 3 is 2.70 bits per heavy atom. The van der Waals surface area contributed by atoms with Crippen LogP contribution in [0.3, 0.4) is 0 Å². The summed E-state index contributed by atoms with van der Waals surface area (Å²) in [6.45, 7) is 5.47. The van der Waals surface area contributed by atoms with Gasteiger partial charge in [-0.15, -0.1) is 0 Å². The van der Waals surface area contributed by atoms with E-state index in [0.29, 0.717) is 12.1 Å². The van der Waals surface area contributed by atoms with E-state index < -0.39 is 0 Å². The molecule has 2 heterocycles. The predicted molar refractivity (Wildman–Crippen MR) is 83.2 cm³/mol. The molecule has 1 aliphatic heterocycles. The van der Waals surface area contributed by atoms with Crippen LogP contribution in [0.2, 0.25) is 0 Å². The van der Waals surface area contributed by atoms with E-state index in [9.17, 15) is 0 Å². The molecule has 0 amide bonds. The van der Waals surface area contributed by atoms with Gasteiger partial charge in [-0.2, -0.15) is 0 Å². The molecular formula is C17H23N3. The van der Waals surface area contributed by atoms with Crippen LogP contribution in [-0.2, 0) is 6.54 Å².